The molecule has 0 aliphatic heterocycles. The van der Waals surface area contributed by atoms with Crippen LogP contribution < -0.4 is 0 Å². The van der Waals surface area contributed by atoms with Crippen molar-refractivity contribution in [2.24, 2.45) is 0 Å². The van der Waals surface area contributed by atoms with E-state index >= 15 is 0 Å². The van der Waals surface area contributed by atoms with Crippen molar-refractivity contribution < 1.29 is 0 Å². The number of thiazole rings is 1. The zero-order valence-electron chi connectivity index (χ0n) is 7.66. The van der Waals surface area contributed by atoms with Crippen molar-refractivity contribution in [1.29, 1.82) is 0 Å². The third-order valence-electron chi connectivity index (χ3n) is 1.61. The van der Waals surface area contributed by atoms with E-state index in [9.17, 15) is 0 Å². The maximum absolute atomic E-state index is 4.32. The second kappa shape index (κ2) is 4.21. The van der Waals surface area contributed by atoms with Crippen LogP contribution >= 0.6 is 11.3 Å². The van der Waals surface area contributed by atoms with E-state index in [1.165, 1.54) is 5.57 Å². The number of hydrogen-bond acceptors (Lipinski definition) is 2. The summed E-state index contributed by atoms with van der Waals surface area (Å²) >= 11 is 1.68. The van der Waals surface area contributed by atoms with Crippen LogP contribution in [0.1, 0.15) is 24.5 Å². The molecule has 0 aromatic carbocycles. The molecule has 1 aromatic heterocycles. The Morgan fingerprint density at radius 1 is 1.58 bits per heavy atom. The Hall–Kier alpha value is -0.890. The fourth-order valence-corrected chi connectivity index (χ4v) is 1.35. The van der Waals surface area contributed by atoms with E-state index in [0.29, 0.717) is 0 Å². The first-order valence-electron chi connectivity index (χ1n) is 3.95. The Kier molecular flexibility index (Phi) is 3.23. The second-order valence-corrected chi connectivity index (χ2v) is 3.72. The van der Waals surface area contributed by atoms with Crippen molar-refractivity contribution in [3.05, 3.63) is 33.8 Å². The molecule has 0 fully saturated rings. The van der Waals surface area contributed by atoms with Crippen LogP contribution in [0.3, 0.4) is 0 Å². The fraction of sp³-hybridized carbons (Fsp3) is 0.300. The van der Waals surface area contributed by atoms with Crippen LogP contribution in [0.2, 0.25) is 0 Å². The largest absolute Gasteiger partial charge is 0.242 e. The third kappa shape index (κ3) is 2.62. The average molecular weight is 179 g/mol. The first kappa shape index (κ1) is 9.20. The van der Waals surface area contributed by atoms with Crippen LogP contribution in [0, 0.1) is 6.92 Å². The molecule has 0 spiro atoms. The van der Waals surface area contributed by atoms with Gasteiger partial charge < -0.3 is 0 Å². The van der Waals surface area contributed by atoms with E-state index in [4.69, 9.17) is 0 Å². The van der Waals surface area contributed by atoms with Gasteiger partial charge in [0.05, 0.1) is 10.7 Å². The molecule has 1 aromatic rings. The summed E-state index contributed by atoms with van der Waals surface area (Å²) in [6, 6.07) is 0. The molecular formula is C10H13NS. The fourth-order valence-electron chi connectivity index (χ4n) is 0.770. The summed E-state index contributed by atoms with van der Waals surface area (Å²) in [6.45, 7) is 6.13. The minimum atomic E-state index is 1.05. The molecule has 0 saturated heterocycles. The van der Waals surface area contributed by atoms with Gasteiger partial charge in [0.15, 0.2) is 0 Å². The first-order chi connectivity index (χ1) is 5.72. The molecule has 64 valence electrons. The SMILES string of the molecule is C/C=C(C)\C=C/c1csc(C)n1. The Balaban J connectivity index is 2.69. The van der Waals surface area contributed by atoms with Gasteiger partial charge in [0.25, 0.3) is 0 Å². The summed E-state index contributed by atoms with van der Waals surface area (Å²) in [4.78, 5) is 4.32. The molecule has 0 amide bonds. The number of nitrogens with zero attached hydrogens (tertiary/aromatic N) is 1. The molecule has 0 radical (unpaired) electrons. The lowest BCUT2D eigenvalue weighted by atomic mass is 10.2. The predicted molar refractivity (Wildman–Crippen MR) is 55.3 cm³/mol. The predicted octanol–water partition coefficient (Wildman–Crippen LogP) is 3.43. The summed E-state index contributed by atoms with van der Waals surface area (Å²) in [5.41, 5.74) is 2.32. The van der Waals surface area contributed by atoms with Crippen LogP contribution in [-0.4, -0.2) is 4.98 Å². The Morgan fingerprint density at radius 3 is 2.83 bits per heavy atom. The normalized spacial score (nSPS) is 12.8. The summed E-state index contributed by atoms with van der Waals surface area (Å²) in [7, 11) is 0. The zero-order chi connectivity index (χ0) is 8.97. The molecule has 1 nitrogen and oxygen atoms in total. The zero-order valence-corrected chi connectivity index (χ0v) is 8.48. The van der Waals surface area contributed by atoms with Gasteiger partial charge in [-0.2, -0.15) is 0 Å². The molecule has 0 unspecified atom stereocenters. The van der Waals surface area contributed by atoms with E-state index in [2.05, 4.69) is 29.4 Å². The summed E-state index contributed by atoms with van der Waals surface area (Å²) < 4.78 is 0. The first-order valence-corrected chi connectivity index (χ1v) is 4.83. The lowest BCUT2D eigenvalue weighted by Crippen LogP contribution is -1.72. The number of rotatable bonds is 2. The van der Waals surface area contributed by atoms with Crippen LogP contribution in [0.5, 0.6) is 0 Å². The van der Waals surface area contributed by atoms with Gasteiger partial charge in [-0.15, -0.1) is 11.3 Å². The molecule has 1 rings (SSSR count). The van der Waals surface area contributed by atoms with Gasteiger partial charge in [0.1, 0.15) is 0 Å². The highest BCUT2D eigenvalue weighted by atomic mass is 32.1. The number of aryl methyl sites for hydroxylation is 1. The van der Waals surface area contributed by atoms with Gasteiger partial charge in [0.2, 0.25) is 0 Å². The molecular weight excluding hydrogens is 166 g/mol. The smallest absolute Gasteiger partial charge is 0.0901 e. The van der Waals surface area contributed by atoms with Gasteiger partial charge in [-0.1, -0.05) is 17.7 Å². The van der Waals surface area contributed by atoms with Crippen LogP contribution in [0.4, 0.5) is 0 Å². The monoisotopic (exact) mass is 179 g/mol. The Morgan fingerprint density at radius 2 is 2.33 bits per heavy atom. The van der Waals surface area contributed by atoms with Crippen LogP contribution in [0.25, 0.3) is 6.08 Å². The Bertz CT molecular complexity index is 307. The molecule has 1 heterocycles. The van der Waals surface area contributed by atoms with Gasteiger partial charge in [-0.3, -0.25) is 0 Å². The van der Waals surface area contributed by atoms with Gasteiger partial charge in [-0.05, 0) is 26.8 Å². The van der Waals surface area contributed by atoms with Crippen LogP contribution in [0.15, 0.2) is 23.1 Å². The minimum absolute atomic E-state index is 1.05. The number of allylic oxidation sites excluding steroid dienone is 3. The van der Waals surface area contributed by atoms with Crippen molar-refractivity contribution in [3.63, 3.8) is 0 Å². The quantitative estimate of drug-likeness (QED) is 0.634. The molecule has 0 N–H and O–H groups in total. The van der Waals surface area contributed by atoms with Gasteiger partial charge >= 0.3 is 0 Å². The molecule has 2 heteroatoms. The van der Waals surface area contributed by atoms with E-state index in [0.717, 1.165) is 10.7 Å². The molecule has 0 aliphatic carbocycles. The highest BCUT2D eigenvalue weighted by molar-refractivity contribution is 7.09. The topological polar surface area (TPSA) is 12.9 Å². The molecule has 0 atom stereocenters. The molecule has 0 aliphatic rings. The van der Waals surface area contributed by atoms with E-state index in [1.54, 1.807) is 11.3 Å². The molecule has 12 heavy (non-hydrogen) atoms. The van der Waals surface area contributed by atoms with Crippen molar-refractivity contribution in [2.75, 3.05) is 0 Å². The van der Waals surface area contributed by atoms with E-state index in [1.807, 2.05) is 19.9 Å². The second-order valence-electron chi connectivity index (χ2n) is 2.66. The van der Waals surface area contributed by atoms with E-state index in [-0.39, 0.29) is 0 Å². The summed E-state index contributed by atoms with van der Waals surface area (Å²) in [5, 5.41) is 3.18. The molecule has 0 bridgehead atoms. The van der Waals surface area contributed by atoms with Crippen molar-refractivity contribution in [3.8, 4) is 0 Å². The maximum Gasteiger partial charge on any atom is 0.0901 e. The van der Waals surface area contributed by atoms with Crippen molar-refractivity contribution in [2.45, 2.75) is 20.8 Å². The van der Waals surface area contributed by atoms with Gasteiger partial charge in [-0.25, -0.2) is 4.98 Å². The van der Waals surface area contributed by atoms with Crippen LogP contribution in [-0.2, 0) is 0 Å². The standard InChI is InChI=1S/C10H13NS/c1-4-8(2)5-6-10-7-12-9(3)11-10/h4-7H,1-3H3/b6-5-,8-4-. The highest BCUT2D eigenvalue weighted by Crippen LogP contribution is 2.10. The number of hydrogen-bond donors (Lipinski definition) is 0. The minimum Gasteiger partial charge on any atom is -0.242 e. The lowest BCUT2D eigenvalue weighted by molar-refractivity contribution is 1.27. The maximum atomic E-state index is 4.32. The molecule has 0 saturated carbocycles. The summed E-state index contributed by atoms with van der Waals surface area (Å²) in [5.74, 6) is 0. The number of aromatic nitrogens is 1. The highest BCUT2D eigenvalue weighted by Gasteiger charge is 1.91. The van der Waals surface area contributed by atoms with E-state index < -0.39 is 0 Å². The third-order valence-corrected chi connectivity index (χ3v) is 2.40. The summed E-state index contributed by atoms with van der Waals surface area (Å²) in [6.07, 6.45) is 6.20. The average Bonchev–Trinajstić information content (AvgIpc) is 2.47. The van der Waals surface area contributed by atoms with Crippen molar-refractivity contribution >= 4 is 17.4 Å². The van der Waals surface area contributed by atoms with Gasteiger partial charge in [0, 0.05) is 5.38 Å². The Labute approximate surface area is 77.5 Å². The van der Waals surface area contributed by atoms with Crippen molar-refractivity contribution in [1.82, 2.24) is 4.98 Å². The lowest BCUT2D eigenvalue weighted by Gasteiger charge is -1.86.